The Labute approximate surface area is 392 Å². The smallest absolute Gasteiger partial charge is 0.167 e. The summed E-state index contributed by atoms with van der Waals surface area (Å²) < 4.78 is 9.32. The van der Waals surface area contributed by atoms with E-state index in [1.165, 1.54) is 22.1 Å². The van der Waals surface area contributed by atoms with E-state index in [1.807, 2.05) is 12.1 Å². The second kappa shape index (κ2) is 16.4. The molecule has 3 heterocycles. The number of fused-ring (bicyclic) bond motifs is 6. The SMILES string of the molecule is c1ccc(-c2ccc(-c3nc(-c4cccc(-c5ccccc5)c4)nc(-c4cccc5c4oc4cc6c(cc45)c4ccccc4n6-c4ccc(-c5cccc(-c6ccccc6)c5)cc4)n3)cc2)cc1. The molecule has 68 heavy (non-hydrogen) atoms. The molecule has 0 atom stereocenters. The summed E-state index contributed by atoms with van der Waals surface area (Å²) >= 11 is 0. The third-order valence-electron chi connectivity index (χ3n) is 13.1. The molecule has 10 aromatic carbocycles. The van der Waals surface area contributed by atoms with Crippen molar-refractivity contribution in [2.75, 3.05) is 0 Å². The van der Waals surface area contributed by atoms with Gasteiger partial charge in [0.2, 0.25) is 0 Å². The molecule has 0 aliphatic carbocycles. The molecule has 3 aromatic heterocycles. The molecule has 0 N–H and O–H groups in total. The van der Waals surface area contributed by atoms with Crippen LogP contribution in [0.15, 0.2) is 247 Å². The lowest BCUT2D eigenvalue weighted by Gasteiger charge is -2.10. The quantitative estimate of drug-likeness (QED) is 0.153. The molecule has 0 unspecified atom stereocenters. The van der Waals surface area contributed by atoms with E-state index >= 15 is 0 Å². The Balaban J connectivity index is 0.940. The van der Waals surface area contributed by atoms with Crippen LogP contribution in [0.1, 0.15) is 0 Å². The van der Waals surface area contributed by atoms with Crippen molar-refractivity contribution in [2.24, 2.45) is 0 Å². The van der Waals surface area contributed by atoms with Crippen LogP contribution in [0.25, 0.3) is 128 Å². The first-order valence-electron chi connectivity index (χ1n) is 22.9. The summed E-state index contributed by atoms with van der Waals surface area (Å²) in [5, 5.41) is 4.37. The number of nitrogens with zero attached hydrogens (tertiary/aromatic N) is 4. The first kappa shape index (κ1) is 39.2. The number of aromatic nitrogens is 4. The minimum atomic E-state index is 0.542. The molecule has 0 amide bonds. The molecule has 0 aliphatic heterocycles. The zero-order chi connectivity index (χ0) is 45.0. The van der Waals surface area contributed by atoms with Gasteiger partial charge in [-0.2, -0.15) is 0 Å². The van der Waals surface area contributed by atoms with E-state index in [2.05, 4.69) is 235 Å². The van der Waals surface area contributed by atoms with Gasteiger partial charge in [-0.3, -0.25) is 0 Å². The van der Waals surface area contributed by atoms with E-state index in [4.69, 9.17) is 19.4 Å². The number of rotatable bonds is 8. The van der Waals surface area contributed by atoms with Crippen LogP contribution >= 0.6 is 0 Å². The van der Waals surface area contributed by atoms with Gasteiger partial charge in [-0.25, -0.2) is 15.0 Å². The monoisotopic (exact) mass is 868 g/mol. The van der Waals surface area contributed by atoms with Crippen molar-refractivity contribution < 1.29 is 4.42 Å². The number of furan rings is 1. The second-order valence-corrected chi connectivity index (χ2v) is 17.2. The molecule has 0 saturated heterocycles. The summed E-state index contributed by atoms with van der Waals surface area (Å²) in [6, 6.07) is 85.2. The second-order valence-electron chi connectivity index (χ2n) is 17.2. The van der Waals surface area contributed by atoms with Crippen LogP contribution in [-0.4, -0.2) is 19.5 Å². The molecule has 0 saturated carbocycles. The third-order valence-corrected chi connectivity index (χ3v) is 13.1. The Morgan fingerprint density at radius 1 is 0.279 bits per heavy atom. The highest BCUT2D eigenvalue weighted by Crippen LogP contribution is 2.41. The van der Waals surface area contributed by atoms with Crippen LogP contribution in [0.4, 0.5) is 0 Å². The minimum Gasteiger partial charge on any atom is -0.455 e. The summed E-state index contributed by atoms with van der Waals surface area (Å²) in [5.74, 6) is 1.72. The standard InChI is InChI=1S/C63H40N4O/c1-4-15-41(16-5-1)44-29-31-46(32-30-44)61-64-62(50-24-13-23-49(38-50)43-19-8-3-9-20-43)66-63(65-61)54-27-14-26-53-56-39-55-52-25-10-11-28-57(52)67(58(55)40-59(56)68-60(53)54)51-35-33-45(34-36-51)48-22-12-21-47(37-48)42-17-6-2-7-18-42/h1-40H. The van der Waals surface area contributed by atoms with E-state index in [1.54, 1.807) is 0 Å². The summed E-state index contributed by atoms with van der Waals surface area (Å²) in [5.41, 5.74) is 16.7. The van der Waals surface area contributed by atoms with Gasteiger partial charge >= 0.3 is 0 Å². The van der Waals surface area contributed by atoms with E-state index in [0.717, 1.165) is 88.6 Å². The van der Waals surface area contributed by atoms with Crippen LogP contribution in [0, 0.1) is 0 Å². The van der Waals surface area contributed by atoms with Crippen molar-refractivity contribution in [1.82, 2.24) is 19.5 Å². The molecule has 0 fully saturated rings. The third kappa shape index (κ3) is 6.93. The zero-order valence-electron chi connectivity index (χ0n) is 36.8. The Bertz CT molecular complexity index is 3990. The van der Waals surface area contributed by atoms with Crippen LogP contribution in [0.5, 0.6) is 0 Å². The molecule has 13 rings (SSSR count). The molecule has 0 spiro atoms. The van der Waals surface area contributed by atoms with Gasteiger partial charge in [-0.15, -0.1) is 0 Å². The highest BCUT2D eigenvalue weighted by molar-refractivity contribution is 6.18. The van der Waals surface area contributed by atoms with Crippen LogP contribution in [0.3, 0.4) is 0 Å². The molecule has 0 aliphatic rings. The molecule has 13 aromatic rings. The lowest BCUT2D eigenvalue weighted by Crippen LogP contribution is -2.00. The van der Waals surface area contributed by atoms with Gasteiger partial charge in [0.15, 0.2) is 17.5 Å². The Morgan fingerprint density at radius 3 is 1.40 bits per heavy atom. The fourth-order valence-corrected chi connectivity index (χ4v) is 9.69. The highest BCUT2D eigenvalue weighted by Gasteiger charge is 2.21. The largest absolute Gasteiger partial charge is 0.455 e. The number of para-hydroxylation sites is 2. The van der Waals surface area contributed by atoms with Crippen LogP contribution < -0.4 is 0 Å². The van der Waals surface area contributed by atoms with Gasteiger partial charge in [-0.05, 0) is 87.0 Å². The predicted molar refractivity (Wildman–Crippen MR) is 279 cm³/mol. The Morgan fingerprint density at radius 2 is 0.735 bits per heavy atom. The van der Waals surface area contributed by atoms with Gasteiger partial charge in [-0.1, -0.05) is 194 Å². The lowest BCUT2D eigenvalue weighted by atomic mass is 9.99. The van der Waals surface area contributed by atoms with Crippen molar-refractivity contribution in [2.45, 2.75) is 0 Å². The molecule has 318 valence electrons. The molecular weight excluding hydrogens is 829 g/mol. The van der Waals surface area contributed by atoms with Crippen molar-refractivity contribution in [3.63, 3.8) is 0 Å². The van der Waals surface area contributed by atoms with Crippen molar-refractivity contribution >= 4 is 43.7 Å². The molecule has 5 heteroatoms. The predicted octanol–water partition coefficient (Wildman–Crippen LogP) is 16.5. The fourth-order valence-electron chi connectivity index (χ4n) is 9.69. The van der Waals surface area contributed by atoms with Crippen molar-refractivity contribution in [1.29, 1.82) is 0 Å². The number of benzene rings is 10. The first-order chi connectivity index (χ1) is 33.7. The van der Waals surface area contributed by atoms with Crippen molar-refractivity contribution in [3.05, 3.63) is 243 Å². The van der Waals surface area contributed by atoms with Gasteiger partial charge in [0.05, 0.1) is 16.6 Å². The normalized spacial score (nSPS) is 11.5. The zero-order valence-corrected chi connectivity index (χ0v) is 36.8. The van der Waals surface area contributed by atoms with E-state index in [-0.39, 0.29) is 0 Å². The van der Waals surface area contributed by atoms with E-state index in [0.29, 0.717) is 17.5 Å². The summed E-state index contributed by atoms with van der Waals surface area (Å²) in [4.78, 5) is 15.6. The first-order valence-corrected chi connectivity index (χ1v) is 22.9. The average molecular weight is 869 g/mol. The van der Waals surface area contributed by atoms with Gasteiger partial charge in [0.1, 0.15) is 11.2 Å². The highest BCUT2D eigenvalue weighted by atomic mass is 16.3. The Hall–Kier alpha value is -9.19. The van der Waals surface area contributed by atoms with Crippen LogP contribution in [0.2, 0.25) is 0 Å². The Kier molecular flexibility index (Phi) is 9.43. The maximum atomic E-state index is 6.98. The molecule has 5 nitrogen and oxygen atoms in total. The number of hydrogen-bond donors (Lipinski definition) is 0. The van der Waals surface area contributed by atoms with Gasteiger partial charge in [0, 0.05) is 44.4 Å². The van der Waals surface area contributed by atoms with Crippen molar-refractivity contribution in [3.8, 4) is 84.4 Å². The van der Waals surface area contributed by atoms with E-state index < -0.39 is 0 Å². The van der Waals surface area contributed by atoms with Gasteiger partial charge < -0.3 is 8.98 Å². The molecular formula is C63H40N4O. The fraction of sp³-hybridized carbons (Fsp3) is 0. The maximum absolute atomic E-state index is 6.98. The summed E-state index contributed by atoms with van der Waals surface area (Å²) in [7, 11) is 0. The maximum Gasteiger partial charge on any atom is 0.167 e. The lowest BCUT2D eigenvalue weighted by molar-refractivity contribution is 0.670. The van der Waals surface area contributed by atoms with Crippen LogP contribution in [-0.2, 0) is 0 Å². The number of hydrogen-bond acceptors (Lipinski definition) is 4. The summed E-state index contributed by atoms with van der Waals surface area (Å²) in [6.07, 6.45) is 0. The topological polar surface area (TPSA) is 56.7 Å². The average Bonchev–Trinajstić information content (AvgIpc) is 3.95. The van der Waals surface area contributed by atoms with Gasteiger partial charge in [0.25, 0.3) is 0 Å². The molecule has 0 bridgehead atoms. The summed E-state index contributed by atoms with van der Waals surface area (Å²) in [6.45, 7) is 0. The minimum absolute atomic E-state index is 0.542. The molecule has 0 radical (unpaired) electrons. The van der Waals surface area contributed by atoms with E-state index in [9.17, 15) is 0 Å².